The number of hydrogen-bond acceptors (Lipinski definition) is 6. The van der Waals surface area contributed by atoms with Gasteiger partial charge in [0.15, 0.2) is 0 Å². The summed E-state index contributed by atoms with van der Waals surface area (Å²) in [5.74, 6) is 2.39. The largest absolute Gasteiger partial charge is 0.467 e. The van der Waals surface area contributed by atoms with Crippen molar-refractivity contribution in [2.24, 2.45) is 0 Å². The van der Waals surface area contributed by atoms with E-state index in [-0.39, 0.29) is 17.9 Å². The lowest BCUT2D eigenvalue weighted by Gasteiger charge is -2.13. The molecular formula is C12H17N5O. The Bertz CT molecular complexity index is 509. The van der Waals surface area contributed by atoms with Crippen molar-refractivity contribution >= 4 is 11.9 Å². The van der Waals surface area contributed by atoms with Crippen LogP contribution in [0.3, 0.4) is 0 Å². The van der Waals surface area contributed by atoms with Gasteiger partial charge >= 0.3 is 0 Å². The molecule has 6 heteroatoms. The lowest BCUT2D eigenvalue weighted by molar-refractivity contribution is 0.489. The highest BCUT2D eigenvalue weighted by molar-refractivity contribution is 5.33. The van der Waals surface area contributed by atoms with E-state index in [0.717, 1.165) is 5.76 Å². The molecule has 0 spiro atoms. The molecule has 0 saturated carbocycles. The second-order valence-electron chi connectivity index (χ2n) is 4.41. The minimum Gasteiger partial charge on any atom is -0.467 e. The first kappa shape index (κ1) is 12.3. The first-order chi connectivity index (χ1) is 8.56. The number of rotatable bonds is 4. The number of nitrogen functional groups attached to an aromatic ring is 1. The molecule has 0 saturated heterocycles. The Kier molecular flexibility index (Phi) is 3.45. The third-order valence-corrected chi connectivity index (χ3v) is 2.50. The fraction of sp³-hybridized carbons (Fsp3) is 0.417. The van der Waals surface area contributed by atoms with E-state index in [0.29, 0.717) is 11.8 Å². The molecule has 6 nitrogen and oxygen atoms in total. The van der Waals surface area contributed by atoms with Crippen LogP contribution in [0.4, 0.5) is 11.9 Å². The quantitative estimate of drug-likeness (QED) is 0.861. The van der Waals surface area contributed by atoms with Crippen molar-refractivity contribution < 1.29 is 4.42 Å². The molecule has 0 fully saturated rings. The van der Waals surface area contributed by atoms with Crippen molar-refractivity contribution in [1.29, 1.82) is 0 Å². The fourth-order valence-electron chi connectivity index (χ4n) is 1.53. The van der Waals surface area contributed by atoms with Crippen LogP contribution < -0.4 is 11.1 Å². The number of anilines is 2. The summed E-state index contributed by atoms with van der Waals surface area (Å²) in [6.07, 6.45) is 1.63. The Morgan fingerprint density at radius 2 is 2.00 bits per heavy atom. The van der Waals surface area contributed by atoms with Crippen LogP contribution in [0, 0.1) is 0 Å². The molecule has 3 N–H and O–H groups in total. The average molecular weight is 247 g/mol. The zero-order chi connectivity index (χ0) is 13.1. The third-order valence-electron chi connectivity index (χ3n) is 2.50. The fourth-order valence-corrected chi connectivity index (χ4v) is 1.53. The summed E-state index contributed by atoms with van der Waals surface area (Å²) < 4.78 is 5.31. The molecule has 1 unspecified atom stereocenters. The van der Waals surface area contributed by atoms with Gasteiger partial charge < -0.3 is 15.5 Å². The smallest absolute Gasteiger partial charge is 0.228 e. The molecular weight excluding hydrogens is 230 g/mol. The topological polar surface area (TPSA) is 89.9 Å². The zero-order valence-electron chi connectivity index (χ0n) is 10.7. The molecule has 2 aromatic rings. The Labute approximate surface area is 106 Å². The van der Waals surface area contributed by atoms with Crippen molar-refractivity contribution in [3.8, 4) is 0 Å². The molecule has 0 aliphatic rings. The van der Waals surface area contributed by atoms with E-state index in [9.17, 15) is 0 Å². The van der Waals surface area contributed by atoms with Crippen LogP contribution in [0.1, 0.15) is 44.3 Å². The first-order valence-corrected chi connectivity index (χ1v) is 5.87. The number of aromatic nitrogens is 3. The van der Waals surface area contributed by atoms with Gasteiger partial charge in [0.1, 0.15) is 11.6 Å². The predicted molar refractivity (Wildman–Crippen MR) is 69.1 cm³/mol. The number of nitrogens with zero attached hydrogens (tertiary/aromatic N) is 3. The van der Waals surface area contributed by atoms with E-state index in [1.807, 2.05) is 32.9 Å². The zero-order valence-corrected chi connectivity index (χ0v) is 10.7. The second-order valence-corrected chi connectivity index (χ2v) is 4.41. The summed E-state index contributed by atoms with van der Waals surface area (Å²) in [5.41, 5.74) is 5.67. The Morgan fingerprint density at radius 3 is 2.61 bits per heavy atom. The van der Waals surface area contributed by atoms with Crippen LogP contribution >= 0.6 is 0 Å². The van der Waals surface area contributed by atoms with Gasteiger partial charge in [-0.3, -0.25) is 0 Å². The maximum Gasteiger partial charge on any atom is 0.228 e. The number of hydrogen-bond donors (Lipinski definition) is 2. The van der Waals surface area contributed by atoms with Crippen LogP contribution in [-0.4, -0.2) is 15.0 Å². The molecule has 2 rings (SSSR count). The molecule has 0 aromatic carbocycles. The van der Waals surface area contributed by atoms with E-state index in [2.05, 4.69) is 20.3 Å². The van der Waals surface area contributed by atoms with Gasteiger partial charge in [-0.2, -0.15) is 15.0 Å². The monoisotopic (exact) mass is 247 g/mol. The molecule has 96 valence electrons. The van der Waals surface area contributed by atoms with E-state index in [1.54, 1.807) is 6.26 Å². The predicted octanol–water partition coefficient (Wildman–Crippen LogP) is 2.34. The summed E-state index contributed by atoms with van der Waals surface area (Å²) in [5, 5.41) is 3.14. The third kappa shape index (κ3) is 2.77. The van der Waals surface area contributed by atoms with Crippen LogP contribution in [0.15, 0.2) is 22.8 Å². The Hall–Kier alpha value is -2.11. The van der Waals surface area contributed by atoms with Gasteiger partial charge in [0.2, 0.25) is 11.9 Å². The first-order valence-electron chi connectivity index (χ1n) is 5.87. The van der Waals surface area contributed by atoms with Crippen LogP contribution in [0.2, 0.25) is 0 Å². The van der Waals surface area contributed by atoms with Gasteiger partial charge in [0.05, 0.1) is 12.3 Å². The lowest BCUT2D eigenvalue weighted by Crippen LogP contribution is -2.13. The SMILES string of the molecule is CC(C)c1nc(N)nc(NC(C)c2ccco2)n1. The maximum absolute atomic E-state index is 5.67. The van der Waals surface area contributed by atoms with E-state index in [1.165, 1.54) is 0 Å². The molecule has 0 radical (unpaired) electrons. The molecule has 0 aliphatic heterocycles. The van der Waals surface area contributed by atoms with Gasteiger partial charge in [-0.05, 0) is 19.1 Å². The van der Waals surface area contributed by atoms with Gasteiger partial charge in [-0.1, -0.05) is 13.8 Å². The van der Waals surface area contributed by atoms with Crippen molar-refractivity contribution in [2.45, 2.75) is 32.7 Å². The summed E-state index contributed by atoms with van der Waals surface area (Å²) in [6.45, 7) is 5.98. The van der Waals surface area contributed by atoms with Crippen molar-refractivity contribution in [1.82, 2.24) is 15.0 Å². The van der Waals surface area contributed by atoms with Gasteiger partial charge in [0.25, 0.3) is 0 Å². The Morgan fingerprint density at radius 1 is 1.22 bits per heavy atom. The number of nitrogens with two attached hydrogens (primary N) is 1. The normalized spacial score (nSPS) is 12.7. The van der Waals surface area contributed by atoms with E-state index in [4.69, 9.17) is 10.2 Å². The van der Waals surface area contributed by atoms with E-state index < -0.39 is 0 Å². The van der Waals surface area contributed by atoms with Crippen molar-refractivity contribution in [3.63, 3.8) is 0 Å². The van der Waals surface area contributed by atoms with E-state index >= 15 is 0 Å². The highest BCUT2D eigenvalue weighted by Crippen LogP contribution is 2.18. The summed E-state index contributed by atoms with van der Waals surface area (Å²) in [7, 11) is 0. The minimum atomic E-state index is -0.0261. The number of furan rings is 1. The molecule has 2 heterocycles. The highest BCUT2D eigenvalue weighted by atomic mass is 16.3. The Balaban J connectivity index is 2.18. The number of nitrogens with one attached hydrogen (secondary N) is 1. The van der Waals surface area contributed by atoms with Crippen LogP contribution in [-0.2, 0) is 0 Å². The van der Waals surface area contributed by atoms with Crippen LogP contribution in [0.5, 0.6) is 0 Å². The van der Waals surface area contributed by atoms with Crippen molar-refractivity contribution in [2.75, 3.05) is 11.1 Å². The highest BCUT2D eigenvalue weighted by Gasteiger charge is 2.12. The molecule has 18 heavy (non-hydrogen) atoms. The molecule has 2 aromatic heterocycles. The minimum absolute atomic E-state index is 0.0261. The molecule has 0 aliphatic carbocycles. The molecule has 0 bridgehead atoms. The molecule has 1 atom stereocenters. The maximum atomic E-state index is 5.67. The van der Waals surface area contributed by atoms with Gasteiger partial charge in [0, 0.05) is 5.92 Å². The standard InChI is InChI=1S/C12H17N5O/c1-7(2)10-15-11(13)17-12(16-10)14-8(3)9-5-4-6-18-9/h4-8H,1-3H3,(H3,13,14,15,16,17). The van der Waals surface area contributed by atoms with Crippen molar-refractivity contribution in [3.05, 3.63) is 30.0 Å². The summed E-state index contributed by atoms with van der Waals surface area (Å²) >= 11 is 0. The molecule has 0 amide bonds. The summed E-state index contributed by atoms with van der Waals surface area (Å²) in [6, 6.07) is 3.71. The summed E-state index contributed by atoms with van der Waals surface area (Å²) in [4.78, 5) is 12.5. The second kappa shape index (κ2) is 5.03. The average Bonchev–Trinajstić information content (AvgIpc) is 2.81. The van der Waals surface area contributed by atoms with Crippen LogP contribution in [0.25, 0.3) is 0 Å². The lowest BCUT2D eigenvalue weighted by atomic mass is 10.2. The van der Waals surface area contributed by atoms with Gasteiger partial charge in [-0.15, -0.1) is 0 Å². The van der Waals surface area contributed by atoms with Gasteiger partial charge in [-0.25, -0.2) is 0 Å².